The van der Waals surface area contributed by atoms with Crippen molar-refractivity contribution in [3.05, 3.63) is 55.9 Å². The predicted molar refractivity (Wildman–Crippen MR) is 112 cm³/mol. The number of hydrogen-bond donors (Lipinski definition) is 1. The Morgan fingerprint density at radius 3 is 2.83 bits per heavy atom. The Morgan fingerprint density at radius 1 is 1.38 bits per heavy atom. The number of hydrogen-bond acceptors (Lipinski definition) is 6. The fraction of sp³-hybridized carbons (Fsp3) is 0.476. The maximum Gasteiger partial charge on any atom is 0.252 e. The molecule has 7 nitrogen and oxygen atoms in total. The summed E-state index contributed by atoms with van der Waals surface area (Å²) >= 11 is 1.68. The second-order valence-corrected chi connectivity index (χ2v) is 8.78. The third kappa shape index (κ3) is 3.74. The molecular formula is C21H27N5O2S. The van der Waals surface area contributed by atoms with Crippen molar-refractivity contribution < 1.29 is 9.32 Å². The molecule has 8 heteroatoms. The van der Waals surface area contributed by atoms with E-state index < -0.39 is 0 Å². The predicted octanol–water partition coefficient (Wildman–Crippen LogP) is 3.44. The van der Waals surface area contributed by atoms with Crippen LogP contribution in [0.5, 0.6) is 0 Å². The Bertz CT molecular complexity index is 1030. The van der Waals surface area contributed by atoms with Crippen LogP contribution in [-0.2, 0) is 26.6 Å². The molecule has 1 N–H and O–H groups in total. The number of aryl methyl sites for hydroxylation is 3. The van der Waals surface area contributed by atoms with Crippen LogP contribution in [0.1, 0.15) is 62.0 Å². The second kappa shape index (κ2) is 7.76. The number of thiophene rings is 1. The molecule has 0 unspecified atom stereocenters. The molecule has 1 amide bonds. The highest BCUT2D eigenvalue weighted by atomic mass is 32.1. The van der Waals surface area contributed by atoms with E-state index in [0.29, 0.717) is 0 Å². The van der Waals surface area contributed by atoms with Crippen LogP contribution >= 0.6 is 11.3 Å². The average molecular weight is 414 g/mol. The second-order valence-electron chi connectivity index (χ2n) is 7.82. The third-order valence-electron chi connectivity index (χ3n) is 5.92. The zero-order valence-corrected chi connectivity index (χ0v) is 18.4. The van der Waals surface area contributed by atoms with Crippen molar-refractivity contribution in [3.63, 3.8) is 0 Å². The summed E-state index contributed by atoms with van der Waals surface area (Å²) in [5.41, 5.74) is 6.26. The molecule has 0 saturated carbocycles. The van der Waals surface area contributed by atoms with Crippen molar-refractivity contribution in [3.8, 4) is 0 Å². The number of rotatable bonds is 5. The summed E-state index contributed by atoms with van der Waals surface area (Å²) in [7, 11) is 1.91. The lowest BCUT2D eigenvalue weighted by Gasteiger charge is -2.27. The van der Waals surface area contributed by atoms with Crippen LogP contribution < -0.4 is 5.32 Å². The van der Waals surface area contributed by atoms with E-state index in [9.17, 15) is 4.79 Å². The minimum Gasteiger partial charge on any atom is -0.361 e. The lowest BCUT2D eigenvalue weighted by molar-refractivity contribution is 0.0938. The number of nitrogens with one attached hydrogen (secondary N) is 1. The Balaban J connectivity index is 1.45. The van der Waals surface area contributed by atoms with E-state index in [4.69, 9.17) is 4.52 Å². The maximum atomic E-state index is 12.9. The van der Waals surface area contributed by atoms with E-state index in [1.165, 1.54) is 16.0 Å². The number of carbonyl (C=O) groups excluding carboxylic acids is 1. The summed E-state index contributed by atoms with van der Waals surface area (Å²) in [4.78, 5) is 16.6. The monoisotopic (exact) mass is 413 g/mol. The van der Waals surface area contributed by atoms with Crippen molar-refractivity contribution >= 4 is 17.2 Å². The maximum absolute atomic E-state index is 12.9. The molecule has 0 bridgehead atoms. The fourth-order valence-corrected chi connectivity index (χ4v) is 5.07. The fourth-order valence-electron chi connectivity index (χ4n) is 3.95. The van der Waals surface area contributed by atoms with Crippen LogP contribution in [0.25, 0.3) is 0 Å². The molecule has 4 rings (SSSR count). The quantitative estimate of drug-likeness (QED) is 0.693. The van der Waals surface area contributed by atoms with Crippen molar-refractivity contribution in [2.24, 2.45) is 7.05 Å². The molecule has 154 valence electrons. The van der Waals surface area contributed by atoms with Gasteiger partial charge in [-0.05, 0) is 39.7 Å². The molecule has 1 aliphatic rings. The van der Waals surface area contributed by atoms with Gasteiger partial charge in [0.25, 0.3) is 5.91 Å². The van der Waals surface area contributed by atoms with Crippen LogP contribution in [-0.4, -0.2) is 32.3 Å². The first-order chi connectivity index (χ1) is 13.8. The molecule has 0 saturated heterocycles. The van der Waals surface area contributed by atoms with Gasteiger partial charge in [-0.1, -0.05) is 5.16 Å². The lowest BCUT2D eigenvalue weighted by atomic mass is 10.0. The van der Waals surface area contributed by atoms with Gasteiger partial charge < -0.3 is 9.84 Å². The van der Waals surface area contributed by atoms with Crippen molar-refractivity contribution in [1.82, 2.24) is 25.2 Å². The highest BCUT2D eigenvalue weighted by molar-refractivity contribution is 7.10. The van der Waals surface area contributed by atoms with Gasteiger partial charge in [0.2, 0.25) is 0 Å². The van der Waals surface area contributed by atoms with E-state index in [0.717, 1.165) is 54.3 Å². The highest BCUT2D eigenvalue weighted by Gasteiger charge is 2.26. The summed E-state index contributed by atoms with van der Waals surface area (Å²) in [6.07, 6.45) is 2.71. The van der Waals surface area contributed by atoms with Crippen LogP contribution in [0.2, 0.25) is 0 Å². The van der Waals surface area contributed by atoms with Crippen LogP contribution in [0.15, 0.2) is 16.1 Å². The third-order valence-corrected chi connectivity index (χ3v) is 6.93. The molecule has 3 aromatic heterocycles. The summed E-state index contributed by atoms with van der Waals surface area (Å²) in [6.45, 7) is 10.6. The first kappa shape index (κ1) is 19.8. The van der Waals surface area contributed by atoms with Gasteiger partial charge in [0, 0.05) is 53.8 Å². The zero-order valence-electron chi connectivity index (χ0n) is 17.6. The average Bonchev–Trinajstić information content (AvgIpc) is 3.35. The lowest BCUT2D eigenvalue weighted by Crippen LogP contribution is -2.32. The molecule has 3 aromatic rings. The Hall–Kier alpha value is -2.45. The molecule has 1 aliphatic heterocycles. The molecular weight excluding hydrogens is 386 g/mol. The number of amides is 1. The number of carbonyl (C=O) groups is 1. The molecule has 0 aliphatic carbocycles. The normalized spacial score (nSPS) is 15.3. The smallest absolute Gasteiger partial charge is 0.252 e. The highest BCUT2D eigenvalue weighted by Crippen LogP contribution is 2.30. The van der Waals surface area contributed by atoms with E-state index in [1.807, 2.05) is 51.0 Å². The van der Waals surface area contributed by atoms with Gasteiger partial charge in [-0.15, -0.1) is 11.3 Å². The molecule has 1 atom stereocenters. The zero-order chi connectivity index (χ0) is 20.7. The molecule has 0 spiro atoms. The Morgan fingerprint density at radius 2 is 2.17 bits per heavy atom. The SMILES string of the molecule is Cc1noc(C)c1CN1CCc2c(C(=O)N[C@H](C)c3cnn(C)c3C)csc2C1. The molecule has 0 fully saturated rings. The van der Waals surface area contributed by atoms with Gasteiger partial charge in [-0.25, -0.2) is 0 Å². The van der Waals surface area contributed by atoms with Gasteiger partial charge in [-0.2, -0.15) is 5.10 Å². The topological polar surface area (TPSA) is 76.2 Å². The van der Waals surface area contributed by atoms with E-state index in [-0.39, 0.29) is 11.9 Å². The first-order valence-electron chi connectivity index (χ1n) is 9.87. The van der Waals surface area contributed by atoms with E-state index >= 15 is 0 Å². The van der Waals surface area contributed by atoms with Gasteiger partial charge in [0.1, 0.15) is 5.76 Å². The van der Waals surface area contributed by atoms with Gasteiger partial charge in [-0.3, -0.25) is 14.4 Å². The first-order valence-corrected chi connectivity index (χ1v) is 10.8. The van der Waals surface area contributed by atoms with Gasteiger partial charge in [0.15, 0.2) is 0 Å². The molecule has 0 aromatic carbocycles. The molecule has 4 heterocycles. The van der Waals surface area contributed by atoms with Crippen LogP contribution in [0.4, 0.5) is 0 Å². The Labute approximate surface area is 174 Å². The number of nitrogens with zero attached hydrogens (tertiary/aromatic N) is 4. The van der Waals surface area contributed by atoms with Crippen molar-refractivity contribution in [2.75, 3.05) is 6.54 Å². The Kier molecular flexibility index (Phi) is 5.31. The minimum atomic E-state index is -0.0774. The van der Waals surface area contributed by atoms with Gasteiger partial charge >= 0.3 is 0 Å². The number of aromatic nitrogens is 3. The largest absolute Gasteiger partial charge is 0.361 e. The summed E-state index contributed by atoms with van der Waals surface area (Å²) in [5, 5.41) is 13.5. The molecule has 0 radical (unpaired) electrons. The van der Waals surface area contributed by atoms with Crippen LogP contribution in [0, 0.1) is 20.8 Å². The van der Waals surface area contributed by atoms with Crippen molar-refractivity contribution in [1.29, 1.82) is 0 Å². The summed E-state index contributed by atoms with van der Waals surface area (Å²) < 4.78 is 7.12. The van der Waals surface area contributed by atoms with Gasteiger partial charge in [0.05, 0.1) is 23.5 Å². The minimum absolute atomic E-state index is 0.00238. The standard InChI is InChI=1S/C21H27N5O2S/c1-12(17-8-22-25(5)14(17)3)23-21(27)19-11-29-20-10-26(7-6-16(19)20)9-18-13(2)24-28-15(18)4/h8,11-12H,6-7,9-10H2,1-5H3,(H,23,27)/t12-/m1/s1. The van der Waals surface area contributed by atoms with E-state index in [2.05, 4.69) is 20.5 Å². The van der Waals surface area contributed by atoms with E-state index in [1.54, 1.807) is 11.3 Å². The van der Waals surface area contributed by atoms with Crippen LogP contribution in [0.3, 0.4) is 0 Å². The summed E-state index contributed by atoms with van der Waals surface area (Å²) in [5.74, 6) is 0.886. The molecule has 29 heavy (non-hydrogen) atoms. The number of fused-ring (bicyclic) bond motifs is 1. The van der Waals surface area contributed by atoms with Crippen molar-refractivity contribution in [2.45, 2.75) is 53.2 Å². The summed E-state index contributed by atoms with van der Waals surface area (Å²) in [6, 6.07) is -0.0774.